The number of para-hydroxylation sites is 4. The van der Waals surface area contributed by atoms with E-state index < -0.39 is 0 Å². The highest BCUT2D eigenvalue weighted by Crippen LogP contribution is 2.37. The fourth-order valence-corrected chi connectivity index (χ4v) is 6.69. The Balaban J connectivity index is 1.23. The van der Waals surface area contributed by atoms with Gasteiger partial charge in [0, 0.05) is 38.7 Å². The van der Waals surface area contributed by atoms with Crippen molar-refractivity contribution in [3.05, 3.63) is 169 Å². The third-order valence-electron chi connectivity index (χ3n) is 9.01. The zero-order chi connectivity index (χ0) is 32.7. The van der Waals surface area contributed by atoms with Crippen LogP contribution in [0.25, 0.3) is 83.6 Å². The van der Waals surface area contributed by atoms with Gasteiger partial charge in [0.1, 0.15) is 0 Å². The molecule has 0 saturated carbocycles. The third-order valence-corrected chi connectivity index (χ3v) is 9.01. The molecule has 0 aliphatic heterocycles. The lowest BCUT2D eigenvalue weighted by atomic mass is 9.98. The molecule has 0 fully saturated rings. The molecule has 0 bridgehead atoms. The number of pyridine rings is 1. The summed E-state index contributed by atoms with van der Waals surface area (Å²) >= 11 is 0. The standard InChI is InChI=1S/C44H27N5/c45-28-29-11-10-14-32(25-29)43-44(48-38-18-7-6-17-37(38)47-43)33-26-39(30-12-2-1-3-13-30)46-40(27-33)31-21-23-34(24-22-31)49-41-19-8-4-15-35(41)36-16-5-9-20-42(36)49/h1-27H. The van der Waals surface area contributed by atoms with Crippen molar-refractivity contribution in [3.63, 3.8) is 0 Å². The topological polar surface area (TPSA) is 67.4 Å². The van der Waals surface area contributed by atoms with Crippen molar-refractivity contribution in [2.45, 2.75) is 0 Å². The van der Waals surface area contributed by atoms with Gasteiger partial charge >= 0.3 is 0 Å². The maximum Gasteiger partial charge on any atom is 0.0991 e. The van der Waals surface area contributed by atoms with Crippen LogP contribution in [0.5, 0.6) is 0 Å². The summed E-state index contributed by atoms with van der Waals surface area (Å²) in [5.74, 6) is 0. The van der Waals surface area contributed by atoms with Gasteiger partial charge in [-0.05, 0) is 60.7 Å². The molecule has 0 atom stereocenters. The highest BCUT2D eigenvalue weighted by molar-refractivity contribution is 6.09. The molecule has 0 unspecified atom stereocenters. The van der Waals surface area contributed by atoms with E-state index >= 15 is 0 Å². The lowest BCUT2D eigenvalue weighted by molar-refractivity contribution is 1.18. The van der Waals surface area contributed by atoms with Gasteiger partial charge in [-0.3, -0.25) is 0 Å². The Hall–Kier alpha value is -6.90. The number of fused-ring (bicyclic) bond motifs is 4. The van der Waals surface area contributed by atoms with E-state index in [1.165, 1.54) is 21.8 Å². The molecule has 9 rings (SSSR count). The van der Waals surface area contributed by atoms with Gasteiger partial charge in [0.25, 0.3) is 0 Å². The number of rotatable bonds is 5. The van der Waals surface area contributed by atoms with Gasteiger partial charge in [0.05, 0.1) is 56.5 Å². The van der Waals surface area contributed by atoms with Crippen LogP contribution in [0.1, 0.15) is 5.56 Å². The first-order valence-corrected chi connectivity index (χ1v) is 16.2. The number of hydrogen-bond acceptors (Lipinski definition) is 4. The minimum atomic E-state index is 0.571. The second-order valence-corrected chi connectivity index (χ2v) is 12.0. The van der Waals surface area contributed by atoms with E-state index in [4.69, 9.17) is 15.0 Å². The highest BCUT2D eigenvalue weighted by Gasteiger charge is 2.18. The minimum Gasteiger partial charge on any atom is -0.309 e. The van der Waals surface area contributed by atoms with Gasteiger partial charge in [-0.25, -0.2) is 15.0 Å². The molecule has 49 heavy (non-hydrogen) atoms. The second kappa shape index (κ2) is 11.7. The molecule has 0 amide bonds. The van der Waals surface area contributed by atoms with E-state index in [1.54, 1.807) is 6.07 Å². The van der Waals surface area contributed by atoms with Crippen LogP contribution < -0.4 is 0 Å². The van der Waals surface area contributed by atoms with E-state index in [0.717, 1.165) is 56.1 Å². The molecule has 0 N–H and O–H groups in total. The number of aromatic nitrogens is 4. The molecule has 0 aliphatic rings. The Morgan fingerprint density at radius 3 is 1.59 bits per heavy atom. The summed E-state index contributed by atoms with van der Waals surface area (Å²) in [4.78, 5) is 15.5. The Kier molecular flexibility index (Phi) is 6.78. The first-order valence-electron chi connectivity index (χ1n) is 16.2. The van der Waals surface area contributed by atoms with Crippen LogP contribution in [0.15, 0.2) is 164 Å². The van der Waals surface area contributed by atoms with Crippen LogP contribution in [-0.4, -0.2) is 19.5 Å². The van der Waals surface area contributed by atoms with E-state index in [9.17, 15) is 5.26 Å². The fraction of sp³-hybridized carbons (Fsp3) is 0. The van der Waals surface area contributed by atoms with Crippen molar-refractivity contribution in [1.29, 1.82) is 5.26 Å². The average Bonchev–Trinajstić information content (AvgIpc) is 3.52. The zero-order valence-electron chi connectivity index (χ0n) is 26.3. The van der Waals surface area contributed by atoms with E-state index in [2.05, 4.69) is 108 Å². The van der Waals surface area contributed by atoms with Gasteiger partial charge in [0.15, 0.2) is 0 Å². The number of hydrogen-bond donors (Lipinski definition) is 0. The first kappa shape index (κ1) is 28.3. The molecule has 3 heterocycles. The van der Waals surface area contributed by atoms with E-state index in [0.29, 0.717) is 11.3 Å². The summed E-state index contributed by atoms with van der Waals surface area (Å²) in [7, 11) is 0. The van der Waals surface area contributed by atoms with E-state index in [1.807, 2.05) is 60.7 Å². The maximum absolute atomic E-state index is 9.68. The third kappa shape index (κ3) is 5.00. The predicted octanol–water partition coefficient (Wildman–Crippen LogP) is 10.7. The second-order valence-electron chi connectivity index (χ2n) is 12.0. The largest absolute Gasteiger partial charge is 0.309 e. The van der Waals surface area contributed by atoms with Crippen LogP contribution in [0.4, 0.5) is 0 Å². The van der Waals surface area contributed by atoms with Crippen molar-refractivity contribution in [2.75, 3.05) is 0 Å². The molecule has 5 heteroatoms. The molecule has 0 radical (unpaired) electrons. The highest BCUT2D eigenvalue weighted by atomic mass is 15.0. The van der Waals surface area contributed by atoms with Gasteiger partial charge in [-0.15, -0.1) is 0 Å². The summed E-state index contributed by atoms with van der Waals surface area (Å²) in [6.45, 7) is 0. The summed E-state index contributed by atoms with van der Waals surface area (Å²) < 4.78 is 2.32. The quantitative estimate of drug-likeness (QED) is 0.191. The molecule has 6 aromatic carbocycles. The van der Waals surface area contributed by atoms with Gasteiger partial charge < -0.3 is 4.57 Å². The Morgan fingerprint density at radius 1 is 0.429 bits per heavy atom. The molecular weight excluding hydrogens is 599 g/mol. The van der Waals surface area contributed by atoms with E-state index in [-0.39, 0.29) is 0 Å². The lowest BCUT2D eigenvalue weighted by Crippen LogP contribution is -1.98. The molecule has 0 spiro atoms. The number of nitriles is 1. The number of benzene rings is 6. The smallest absolute Gasteiger partial charge is 0.0991 e. The lowest BCUT2D eigenvalue weighted by Gasteiger charge is -2.14. The SMILES string of the molecule is N#Cc1cccc(-c2nc3ccccc3nc2-c2cc(-c3ccccc3)nc(-c3ccc(-n4c5ccccc5c5ccccc54)cc3)c2)c1. The molecular formula is C44H27N5. The monoisotopic (exact) mass is 625 g/mol. The van der Waals surface area contributed by atoms with Crippen LogP contribution >= 0.6 is 0 Å². The Morgan fingerprint density at radius 2 is 0.959 bits per heavy atom. The molecule has 5 nitrogen and oxygen atoms in total. The zero-order valence-corrected chi connectivity index (χ0v) is 26.3. The van der Waals surface area contributed by atoms with Crippen LogP contribution in [0.2, 0.25) is 0 Å². The summed E-state index contributed by atoms with van der Waals surface area (Å²) in [6.07, 6.45) is 0. The van der Waals surface area contributed by atoms with Crippen LogP contribution in [-0.2, 0) is 0 Å². The molecule has 3 aromatic heterocycles. The predicted molar refractivity (Wildman–Crippen MR) is 198 cm³/mol. The Bertz CT molecular complexity index is 2670. The molecule has 228 valence electrons. The van der Waals surface area contributed by atoms with Gasteiger partial charge in [-0.2, -0.15) is 5.26 Å². The summed E-state index contributed by atoms with van der Waals surface area (Å²) in [5.41, 5.74) is 12.4. The normalized spacial score (nSPS) is 11.2. The Labute approximate surface area is 283 Å². The maximum atomic E-state index is 9.68. The average molecular weight is 626 g/mol. The molecule has 0 saturated heterocycles. The van der Waals surface area contributed by atoms with Crippen molar-refractivity contribution in [3.8, 4) is 56.8 Å². The fourth-order valence-electron chi connectivity index (χ4n) is 6.69. The minimum absolute atomic E-state index is 0.571. The van der Waals surface area contributed by atoms with Crippen LogP contribution in [0.3, 0.4) is 0 Å². The number of nitrogens with zero attached hydrogens (tertiary/aromatic N) is 5. The van der Waals surface area contributed by atoms with Crippen molar-refractivity contribution in [1.82, 2.24) is 19.5 Å². The van der Waals surface area contributed by atoms with Gasteiger partial charge in [0.2, 0.25) is 0 Å². The first-order chi connectivity index (χ1) is 24.2. The van der Waals surface area contributed by atoms with Crippen molar-refractivity contribution < 1.29 is 0 Å². The summed E-state index contributed by atoms with van der Waals surface area (Å²) in [6, 6.07) is 57.8. The van der Waals surface area contributed by atoms with Crippen molar-refractivity contribution in [2.24, 2.45) is 0 Å². The summed E-state index contributed by atoms with van der Waals surface area (Å²) in [5, 5.41) is 12.1. The molecule has 0 aliphatic carbocycles. The van der Waals surface area contributed by atoms with Gasteiger partial charge in [-0.1, -0.05) is 103 Å². The van der Waals surface area contributed by atoms with Crippen LogP contribution in [0, 0.1) is 11.3 Å². The molecule has 9 aromatic rings. The van der Waals surface area contributed by atoms with Crippen molar-refractivity contribution >= 4 is 32.8 Å².